The highest BCUT2D eigenvalue weighted by atomic mass is 28.5. The van der Waals surface area contributed by atoms with Crippen LogP contribution < -0.4 is 0 Å². The maximum absolute atomic E-state index is 9.83. The number of hydrogen-bond acceptors (Lipinski definition) is 6. The summed E-state index contributed by atoms with van der Waals surface area (Å²) in [4.78, 5) is 9.83. The van der Waals surface area contributed by atoms with Crippen molar-refractivity contribution in [3.8, 4) is 0 Å². The third kappa shape index (κ3) is 8.47. The van der Waals surface area contributed by atoms with E-state index in [1.807, 2.05) is 6.55 Å². The highest BCUT2D eigenvalue weighted by Crippen LogP contribution is 2.19. The van der Waals surface area contributed by atoms with Gasteiger partial charge in [-0.2, -0.15) is 0 Å². The lowest BCUT2D eigenvalue weighted by molar-refractivity contribution is -0.102. The van der Waals surface area contributed by atoms with Gasteiger partial charge in [0.25, 0.3) is 0 Å². The smallest absolute Gasteiger partial charge is 0.325 e. The molecule has 6 nitrogen and oxygen atoms in total. The minimum Gasteiger partial charge on any atom is -0.415 e. The fourth-order valence-electron chi connectivity index (χ4n) is 1.62. The summed E-state index contributed by atoms with van der Waals surface area (Å²) in [5.41, 5.74) is -1.24. The summed E-state index contributed by atoms with van der Waals surface area (Å²) in [6, 6.07) is 0.706. The first-order valence-electron chi connectivity index (χ1n) is 6.88. The van der Waals surface area contributed by atoms with Crippen LogP contribution in [0.3, 0.4) is 0 Å². The van der Waals surface area contributed by atoms with Crippen molar-refractivity contribution >= 4 is 17.1 Å². The van der Waals surface area contributed by atoms with Gasteiger partial charge in [-0.25, -0.2) is 0 Å². The maximum Gasteiger partial charge on any atom is 0.325 e. The summed E-state index contributed by atoms with van der Waals surface area (Å²) in [5, 5.41) is 19.2. The third-order valence-corrected chi connectivity index (χ3v) is 8.96. The fourth-order valence-corrected chi connectivity index (χ4v) is 7.58. The van der Waals surface area contributed by atoms with Crippen molar-refractivity contribution in [1.29, 1.82) is 0 Å². The van der Waals surface area contributed by atoms with E-state index in [0.717, 1.165) is 6.42 Å². The zero-order valence-electron chi connectivity index (χ0n) is 13.5. The van der Waals surface area contributed by atoms with Crippen molar-refractivity contribution in [2.24, 2.45) is 0 Å². The van der Waals surface area contributed by atoms with Crippen molar-refractivity contribution in [3.63, 3.8) is 0 Å². The van der Waals surface area contributed by atoms with Crippen LogP contribution in [-0.4, -0.2) is 64.2 Å². The van der Waals surface area contributed by atoms with Crippen molar-refractivity contribution in [2.75, 3.05) is 20.3 Å². The highest BCUT2D eigenvalue weighted by molar-refractivity contribution is 6.78. The van der Waals surface area contributed by atoms with E-state index in [0.29, 0.717) is 12.7 Å². The van der Waals surface area contributed by atoms with Crippen LogP contribution in [0.2, 0.25) is 25.7 Å². The van der Waals surface area contributed by atoms with E-state index < -0.39 is 28.8 Å². The van der Waals surface area contributed by atoms with E-state index in [2.05, 4.69) is 0 Å². The Labute approximate surface area is 124 Å². The molecule has 3 unspecified atom stereocenters. The molecule has 20 heavy (non-hydrogen) atoms. The lowest BCUT2D eigenvalue weighted by atomic mass is 10.0. The van der Waals surface area contributed by atoms with Crippen molar-refractivity contribution < 1.29 is 28.3 Å². The van der Waals surface area contributed by atoms with E-state index in [9.17, 15) is 15.0 Å². The quantitative estimate of drug-likeness (QED) is 0.409. The summed E-state index contributed by atoms with van der Waals surface area (Å²) < 4.78 is 16.6. The molecule has 0 aliphatic heterocycles. The van der Waals surface area contributed by atoms with E-state index >= 15 is 0 Å². The lowest BCUT2D eigenvalue weighted by Gasteiger charge is -2.31. The second-order valence-corrected chi connectivity index (χ2v) is 13.0. The molecule has 0 heterocycles. The van der Waals surface area contributed by atoms with Gasteiger partial charge in [0.2, 0.25) is 0 Å². The van der Waals surface area contributed by atoms with Gasteiger partial charge in [-0.3, -0.25) is 0 Å². The Morgan fingerprint density at radius 2 is 1.80 bits per heavy atom. The topological polar surface area (TPSA) is 88.4 Å². The van der Waals surface area contributed by atoms with Crippen molar-refractivity contribution in [2.45, 2.75) is 57.7 Å². The second kappa shape index (κ2) is 7.99. The van der Waals surface area contributed by atoms with Crippen LogP contribution in [0.5, 0.6) is 0 Å². The van der Waals surface area contributed by atoms with Gasteiger partial charge < -0.3 is 28.3 Å². The Morgan fingerprint density at radius 1 is 1.25 bits per heavy atom. The van der Waals surface area contributed by atoms with Crippen LogP contribution in [0, 0.1) is 0 Å². The van der Waals surface area contributed by atoms with Gasteiger partial charge in [0.1, 0.15) is 5.60 Å². The first-order valence-corrected chi connectivity index (χ1v) is 12.3. The minimum atomic E-state index is -2.60. The van der Waals surface area contributed by atoms with Gasteiger partial charge in [-0.05, 0) is 46.0 Å². The predicted molar refractivity (Wildman–Crippen MR) is 82.0 cm³/mol. The van der Waals surface area contributed by atoms with Crippen molar-refractivity contribution in [3.05, 3.63) is 0 Å². The fraction of sp³-hybridized carbons (Fsp3) is 1.00. The zero-order valence-corrected chi connectivity index (χ0v) is 15.5. The molecule has 8 heteroatoms. The molecule has 122 valence electrons. The van der Waals surface area contributed by atoms with Crippen LogP contribution in [0.25, 0.3) is 0 Å². The van der Waals surface area contributed by atoms with E-state index in [-0.39, 0.29) is 6.61 Å². The molecule has 0 amide bonds. The van der Waals surface area contributed by atoms with Gasteiger partial charge in [-0.1, -0.05) is 0 Å². The molecule has 3 N–H and O–H groups in total. The summed E-state index contributed by atoms with van der Waals surface area (Å²) in [6.45, 7) is 8.95. The molecule has 0 aliphatic carbocycles. The Bertz CT molecular complexity index is 280. The van der Waals surface area contributed by atoms with E-state index in [4.69, 9.17) is 13.3 Å². The van der Waals surface area contributed by atoms with E-state index in [1.165, 1.54) is 13.8 Å². The van der Waals surface area contributed by atoms with Gasteiger partial charge >= 0.3 is 17.1 Å². The Hall–Kier alpha value is 0.194. The van der Waals surface area contributed by atoms with Gasteiger partial charge in [0.15, 0.2) is 0 Å². The molecule has 0 aromatic carbocycles. The molecule has 3 atom stereocenters. The summed E-state index contributed by atoms with van der Waals surface area (Å²) in [6.07, 6.45) is -0.123. The molecular formula is C12H30O6Si2. The average Bonchev–Trinajstić information content (AvgIpc) is 2.25. The monoisotopic (exact) mass is 326 g/mol. The largest absolute Gasteiger partial charge is 0.415 e. The summed E-state index contributed by atoms with van der Waals surface area (Å²) >= 11 is 0. The van der Waals surface area contributed by atoms with Crippen LogP contribution in [0.15, 0.2) is 0 Å². The zero-order chi connectivity index (χ0) is 16.0. The van der Waals surface area contributed by atoms with Crippen LogP contribution in [0.4, 0.5) is 0 Å². The molecule has 0 radical (unpaired) electrons. The summed E-state index contributed by atoms with van der Waals surface area (Å²) in [7, 11) is -3.36. The predicted octanol–water partition coefficient (Wildman–Crippen LogP) is 0.954. The van der Waals surface area contributed by atoms with Gasteiger partial charge in [0.05, 0.1) is 12.7 Å². The van der Waals surface area contributed by atoms with E-state index in [1.54, 1.807) is 20.2 Å². The number of rotatable bonds is 10. The van der Waals surface area contributed by atoms with Gasteiger partial charge in [0, 0.05) is 13.7 Å². The van der Waals surface area contributed by atoms with Crippen LogP contribution in [0.1, 0.15) is 20.3 Å². The average molecular weight is 327 g/mol. The lowest BCUT2D eigenvalue weighted by Crippen LogP contribution is -2.48. The Balaban J connectivity index is 4.04. The minimum absolute atomic E-state index is 0.0804. The highest BCUT2D eigenvalue weighted by Gasteiger charge is 2.37. The Kier molecular flexibility index (Phi) is 8.07. The van der Waals surface area contributed by atoms with Crippen molar-refractivity contribution in [1.82, 2.24) is 0 Å². The number of ether oxygens (including phenoxy) is 1. The molecule has 0 aliphatic rings. The second-order valence-electron chi connectivity index (χ2n) is 6.08. The first-order chi connectivity index (χ1) is 8.92. The number of aliphatic hydroxyl groups is 2. The SMILES string of the molecule is CO[Si](C)(CCCOCC(C)(O)C(C)O)O[Si](C)(C)O. The molecule has 0 fully saturated rings. The molecule has 0 rings (SSSR count). The Morgan fingerprint density at radius 3 is 2.20 bits per heavy atom. The van der Waals surface area contributed by atoms with Gasteiger partial charge in [-0.15, -0.1) is 0 Å². The molecule has 0 saturated heterocycles. The standard InChI is InChI=1S/C12H30O6Si2/c1-11(13)12(2,14)10-17-8-7-9-20(6,16-3)18-19(4,5)15/h11,13-15H,7-10H2,1-6H3. The summed E-state index contributed by atoms with van der Waals surface area (Å²) in [5.74, 6) is 0. The molecular weight excluding hydrogens is 296 g/mol. The molecule has 0 aromatic heterocycles. The third-order valence-electron chi connectivity index (χ3n) is 3.11. The molecule has 0 spiro atoms. The first kappa shape index (κ1) is 20.2. The maximum atomic E-state index is 9.83. The normalized spacial score (nSPS) is 20.2. The molecule has 0 aromatic rings. The number of aliphatic hydroxyl groups excluding tert-OH is 1. The number of hydrogen-bond donors (Lipinski definition) is 3. The van der Waals surface area contributed by atoms with Crippen LogP contribution in [-0.2, 0) is 13.3 Å². The molecule has 0 bridgehead atoms. The van der Waals surface area contributed by atoms with Crippen LogP contribution >= 0.6 is 0 Å². The molecule has 0 saturated carbocycles.